The number of rotatable bonds is 3. The zero-order chi connectivity index (χ0) is 10.7. The van der Waals surface area contributed by atoms with E-state index in [1.165, 1.54) is 5.56 Å². The molecule has 1 aliphatic rings. The molecule has 0 unspecified atom stereocenters. The highest BCUT2D eigenvalue weighted by Gasteiger charge is 2.26. The maximum Gasteiger partial charge on any atom is 0.000717 e. The van der Waals surface area contributed by atoms with Crippen molar-refractivity contribution in [3.8, 4) is 0 Å². The summed E-state index contributed by atoms with van der Waals surface area (Å²) in [5.41, 5.74) is 1.74. The first-order chi connectivity index (χ1) is 7.18. The molecule has 1 aliphatic carbocycles. The third-order valence-electron chi connectivity index (χ3n) is 3.15. The van der Waals surface area contributed by atoms with Crippen molar-refractivity contribution in [2.75, 3.05) is 0 Å². The number of hydrogen-bond acceptors (Lipinski definition) is 0. The van der Waals surface area contributed by atoms with Gasteiger partial charge >= 0.3 is 0 Å². The molecular formula is C15H18. The van der Waals surface area contributed by atoms with Crippen LogP contribution in [0.25, 0.3) is 0 Å². The van der Waals surface area contributed by atoms with Crippen molar-refractivity contribution in [2.24, 2.45) is 11.3 Å². The average Bonchev–Trinajstić information content (AvgIpc) is 2.71. The van der Waals surface area contributed by atoms with Gasteiger partial charge in [0.05, 0.1) is 0 Å². The van der Waals surface area contributed by atoms with Crippen LogP contribution in [0.3, 0.4) is 0 Å². The molecule has 0 heterocycles. The molecule has 0 atom stereocenters. The van der Waals surface area contributed by atoms with Crippen LogP contribution in [0.4, 0.5) is 0 Å². The van der Waals surface area contributed by atoms with Gasteiger partial charge in [0.25, 0.3) is 0 Å². The maximum atomic E-state index is 2.34. The Morgan fingerprint density at radius 1 is 1.00 bits per heavy atom. The Morgan fingerprint density at radius 2 is 1.60 bits per heavy atom. The molecule has 0 fully saturated rings. The minimum absolute atomic E-state index is 0.310. The zero-order valence-electron chi connectivity index (χ0n) is 9.48. The molecule has 0 N–H and O–H groups in total. The van der Waals surface area contributed by atoms with Gasteiger partial charge in [0.15, 0.2) is 0 Å². The van der Waals surface area contributed by atoms with E-state index in [1.807, 2.05) is 0 Å². The summed E-state index contributed by atoms with van der Waals surface area (Å²) in [5.74, 6) is 0.581. The van der Waals surface area contributed by atoms with E-state index in [4.69, 9.17) is 0 Å². The minimum atomic E-state index is 0.310. The minimum Gasteiger partial charge on any atom is -0.0771 e. The Balaban J connectivity index is 2.10. The third kappa shape index (κ3) is 2.38. The number of benzene rings is 1. The van der Waals surface area contributed by atoms with Crippen molar-refractivity contribution in [1.82, 2.24) is 0 Å². The molecular weight excluding hydrogens is 180 g/mol. The molecule has 0 spiro atoms. The van der Waals surface area contributed by atoms with E-state index in [1.54, 1.807) is 0 Å². The molecule has 15 heavy (non-hydrogen) atoms. The zero-order valence-corrected chi connectivity index (χ0v) is 9.48. The van der Waals surface area contributed by atoms with Gasteiger partial charge in [-0.2, -0.15) is 0 Å². The van der Waals surface area contributed by atoms with Crippen molar-refractivity contribution in [1.29, 1.82) is 0 Å². The van der Waals surface area contributed by atoms with Crippen LogP contribution in [0, 0.1) is 11.3 Å². The summed E-state index contributed by atoms with van der Waals surface area (Å²) in [6, 6.07) is 10.7. The molecule has 2 rings (SSSR count). The Bertz CT molecular complexity index is 356. The van der Waals surface area contributed by atoms with Gasteiger partial charge in [-0.3, -0.25) is 0 Å². The van der Waals surface area contributed by atoms with E-state index >= 15 is 0 Å². The van der Waals surface area contributed by atoms with Crippen LogP contribution < -0.4 is 0 Å². The molecule has 0 radical (unpaired) electrons. The van der Waals surface area contributed by atoms with E-state index in [2.05, 4.69) is 68.5 Å². The first kappa shape index (κ1) is 10.2. The number of allylic oxidation sites excluding steroid dienone is 4. The van der Waals surface area contributed by atoms with Gasteiger partial charge in [-0.05, 0) is 17.4 Å². The second-order valence-corrected chi connectivity index (χ2v) is 4.95. The van der Waals surface area contributed by atoms with Crippen molar-refractivity contribution >= 4 is 0 Å². The molecule has 1 aromatic carbocycles. The van der Waals surface area contributed by atoms with E-state index in [0.29, 0.717) is 11.3 Å². The molecule has 0 nitrogen and oxygen atoms in total. The van der Waals surface area contributed by atoms with Gasteiger partial charge in [-0.1, -0.05) is 68.5 Å². The summed E-state index contributed by atoms with van der Waals surface area (Å²) >= 11 is 0. The van der Waals surface area contributed by atoms with Crippen LogP contribution in [0.15, 0.2) is 54.6 Å². The monoisotopic (exact) mass is 198 g/mol. The van der Waals surface area contributed by atoms with Crippen molar-refractivity contribution in [3.63, 3.8) is 0 Å². The lowest BCUT2D eigenvalue weighted by molar-refractivity contribution is 0.303. The van der Waals surface area contributed by atoms with Crippen LogP contribution in [-0.4, -0.2) is 0 Å². The first-order valence-corrected chi connectivity index (χ1v) is 5.57. The summed E-state index contributed by atoms with van der Waals surface area (Å²) in [4.78, 5) is 0. The van der Waals surface area contributed by atoms with Gasteiger partial charge < -0.3 is 0 Å². The van der Waals surface area contributed by atoms with Crippen LogP contribution in [0.1, 0.15) is 19.4 Å². The van der Waals surface area contributed by atoms with Gasteiger partial charge in [0, 0.05) is 5.92 Å². The lowest BCUT2D eigenvalue weighted by Crippen LogP contribution is -2.22. The van der Waals surface area contributed by atoms with E-state index in [9.17, 15) is 0 Å². The predicted molar refractivity (Wildman–Crippen MR) is 65.7 cm³/mol. The van der Waals surface area contributed by atoms with Crippen molar-refractivity contribution in [3.05, 3.63) is 60.2 Å². The van der Waals surface area contributed by atoms with Crippen molar-refractivity contribution in [2.45, 2.75) is 20.3 Å². The fraction of sp³-hybridized carbons (Fsp3) is 0.333. The summed E-state index contributed by atoms with van der Waals surface area (Å²) in [5, 5.41) is 0. The highest BCUT2D eigenvalue weighted by Crippen LogP contribution is 2.34. The largest absolute Gasteiger partial charge is 0.0771 e. The first-order valence-electron chi connectivity index (χ1n) is 5.57. The summed E-state index contributed by atoms with van der Waals surface area (Å²) < 4.78 is 0. The molecule has 78 valence electrons. The highest BCUT2D eigenvalue weighted by molar-refractivity contribution is 5.23. The summed E-state index contributed by atoms with van der Waals surface area (Å²) in [7, 11) is 0. The Hall–Kier alpha value is -1.30. The molecule has 0 amide bonds. The topological polar surface area (TPSA) is 0 Å². The van der Waals surface area contributed by atoms with Gasteiger partial charge in [0.2, 0.25) is 0 Å². The SMILES string of the molecule is CC(C)(Cc1ccccc1)C1C=CC=C1. The smallest absolute Gasteiger partial charge is 0.000717 e. The maximum absolute atomic E-state index is 2.34. The molecule has 0 bridgehead atoms. The molecule has 0 heteroatoms. The standard InChI is InChI=1S/C15H18/c1-15(2,14-10-6-7-11-14)12-13-8-4-3-5-9-13/h3-11,14H,12H2,1-2H3. The third-order valence-corrected chi connectivity index (χ3v) is 3.15. The molecule has 0 saturated carbocycles. The quantitative estimate of drug-likeness (QED) is 0.688. The molecule has 0 aromatic heterocycles. The molecule has 0 aliphatic heterocycles. The van der Waals surface area contributed by atoms with Crippen molar-refractivity contribution < 1.29 is 0 Å². The lowest BCUT2D eigenvalue weighted by atomic mass is 9.75. The van der Waals surface area contributed by atoms with Crippen LogP contribution >= 0.6 is 0 Å². The summed E-state index contributed by atoms with van der Waals surface area (Å²) in [6.07, 6.45) is 10.0. The second-order valence-electron chi connectivity index (χ2n) is 4.95. The van der Waals surface area contributed by atoms with Crippen LogP contribution in [-0.2, 0) is 6.42 Å². The Labute approximate surface area is 92.3 Å². The van der Waals surface area contributed by atoms with E-state index in [0.717, 1.165) is 6.42 Å². The Morgan fingerprint density at radius 3 is 2.20 bits per heavy atom. The molecule has 0 saturated heterocycles. The summed E-state index contributed by atoms with van der Waals surface area (Å²) in [6.45, 7) is 4.68. The lowest BCUT2D eigenvalue weighted by Gasteiger charge is -2.29. The predicted octanol–water partition coefficient (Wildman–Crippen LogP) is 4.00. The van der Waals surface area contributed by atoms with E-state index in [-0.39, 0.29) is 0 Å². The number of hydrogen-bond donors (Lipinski definition) is 0. The van der Waals surface area contributed by atoms with Gasteiger partial charge in [-0.25, -0.2) is 0 Å². The normalized spacial score (nSPS) is 16.1. The van der Waals surface area contributed by atoms with Gasteiger partial charge in [-0.15, -0.1) is 0 Å². The second kappa shape index (κ2) is 4.06. The van der Waals surface area contributed by atoms with Gasteiger partial charge in [0.1, 0.15) is 0 Å². The fourth-order valence-corrected chi connectivity index (χ4v) is 2.19. The Kier molecular flexibility index (Phi) is 2.77. The molecule has 1 aromatic rings. The fourth-order valence-electron chi connectivity index (χ4n) is 2.19. The van der Waals surface area contributed by atoms with Crippen LogP contribution in [0.2, 0.25) is 0 Å². The highest BCUT2D eigenvalue weighted by atomic mass is 14.3. The average molecular weight is 198 g/mol. The van der Waals surface area contributed by atoms with Crippen LogP contribution in [0.5, 0.6) is 0 Å². The van der Waals surface area contributed by atoms with E-state index < -0.39 is 0 Å².